The molecule has 1 aromatic heterocycles. The van der Waals surface area contributed by atoms with Crippen molar-refractivity contribution in [3.8, 4) is 6.07 Å². The molecule has 1 aliphatic rings. The number of rotatable bonds is 8. The molecule has 7 heteroatoms. The second-order valence-corrected chi connectivity index (χ2v) is 8.56. The predicted molar refractivity (Wildman–Crippen MR) is 125 cm³/mol. The van der Waals surface area contributed by atoms with E-state index >= 15 is 0 Å². The molecule has 2 aromatic carbocycles. The highest BCUT2D eigenvalue weighted by Crippen LogP contribution is 2.49. The Labute approximate surface area is 192 Å². The number of amides is 1. The van der Waals surface area contributed by atoms with Crippen molar-refractivity contribution in [1.29, 1.82) is 5.26 Å². The average Bonchev–Trinajstić information content (AvgIpc) is 3.60. The standard InChI is InChI=1S/C26H25N5O2/c1-17-3-8-23(20(11-17)13-27)31-22-6-4-19(5-7-22)14-30-25(33)26(9-10-26)12-24(32)21-15-28-18(2)29-16-21/h3-8,11,15-16,31H,9-10,12,14H2,1-2H3,(H,30,33). The minimum absolute atomic E-state index is 0.0931. The topological polar surface area (TPSA) is 108 Å². The molecule has 0 aliphatic heterocycles. The summed E-state index contributed by atoms with van der Waals surface area (Å²) in [7, 11) is 0. The highest BCUT2D eigenvalue weighted by atomic mass is 16.2. The van der Waals surface area contributed by atoms with E-state index in [1.54, 1.807) is 6.92 Å². The Balaban J connectivity index is 1.33. The number of aromatic nitrogens is 2. The Morgan fingerprint density at radius 2 is 1.76 bits per heavy atom. The molecule has 0 radical (unpaired) electrons. The molecule has 33 heavy (non-hydrogen) atoms. The third kappa shape index (κ3) is 5.24. The number of hydrogen-bond donors (Lipinski definition) is 2. The van der Waals surface area contributed by atoms with E-state index in [-0.39, 0.29) is 18.1 Å². The van der Waals surface area contributed by atoms with Gasteiger partial charge in [-0.25, -0.2) is 9.97 Å². The maximum atomic E-state index is 12.8. The Morgan fingerprint density at radius 3 is 2.39 bits per heavy atom. The van der Waals surface area contributed by atoms with Gasteiger partial charge in [-0.05, 0) is 62.1 Å². The van der Waals surface area contributed by atoms with E-state index in [1.165, 1.54) is 12.4 Å². The summed E-state index contributed by atoms with van der Waals surface area (Å²) in [5.74, 6) is 0.409. The number of carbonyl (C=O) groups excluding carboxylic acids is 2. The van der Waals surface area contributed by atoms with Crippen molar-refractivity contribution in [2.24, 2.45) is 5.41 Å². The van der Waals surface area contributed by atoms with Crippen LogP contribution in [-0.2, 0) is 11.3 Å². The van der Waals surface area contributed by atoms with Gasteiger partial charge >= 0.3 is 0 Å². The predicted octanol–water partition coefficient (Wildman–Crippen LogP) is 4.38. The van der Waals surface area contributed by atoms with Crippen LogP contribution in [0, 0.1) is 30.6 Å². The molecule has 1 fully saturated rings. The fourth-order valence-corrected chi connectivity index (χ4v) is 3.67. The lowest BCUT2D eigenvalue weighted by molar-refractivity contribution is -0.126. The van der Waals surface area contributed by atoms with E-state index in [4.69, 9.17) is 0 Å². The van der Waals surface area contributed by atoms with E-state index in [0.717, 1.165) is 22.5 Å². The highest BCUT2D eigenvalue weighted by molar-refractivity contribution is 6.00. The van der Waals surface area contributed by atoms with Gasteiger partial charge in [0.1, 0.15) is 11.9 Å². The molecule has 0 unspecified atom stereocenters. The van der Waals surface area contributed by atoms with Crippen LogP contribution in [0.5, 0.6) is 0 Å². The smallest absolute Gasteiger partial charge is 0.226 e. The van der Waals surface area contributed by atoms with E-state index < -0.39 is 5.41 Å². The Bertz CT molecular complexity index is 1220. The van der Waals surface area contributed by atoms with Crippen molar-refractivity contribution in [3.63, 3.8) is 0 Å². The fourth-order valence-electron chi connectivity index (χ4n) is 3.67. The summed E-state index contributed by atoms with van der Waals surface area (Å²) in [6.07, 6.45) is 4.62. The molecule has 0 atom stereocenters. The van der Waals surface area contributed by atoms with Crippen molar-refractivity contribution in [2.75, 3.05) is 5.32 Å². The van der Waals surface area contributed by atoms with Gasteiger partial charge in [-0.15, -0.1) is 0 Å². The summed E-state index contributed by atoms with van der Waals surface area (Å²) in [6.45, 7) is 4.10. The Kier molecular flexibility index (Phi) is 6.18. The first kappa shape index (κ1) is 22.2. The summed E-state index contributed by atoms with van der Waals surface area (Å²) < 4.78 is 0. The first-order valence-electron chi connectivity index (χ1n) is 10.9. The van der Waals surface area contributed by atoms with Crippen molar-refractivity contribution >= 4 is 23.1 Å². The minimum Gasteiger partial charge on any atom is -0.354 e. The molecule has 4 rings (SSSR count). The van der Waals surface area contributed by atoms with Crippen LogP contribution in [0.3, 0.4) is 0 Å². The lowest BCUT2D eigenvalue weighted by Gasteiger charge is -2.15. The molecule has 1 amide bonds. The van der Waals surface area contributed by atoms with Gasteiger partial charge in [0.25, 0.3) is 0 Å². The van der Waals surface area contributed by atoms with Crippen molar-refractivity contribution < 1.29 is 9.59 Å². The van der Waals surface area contributed by atoms with Crippen LogP contribution in [0.25, 0.3) is 0 Å². The lowest BCUT2D eigenvalue weighted by Crippen LogP contribution is -2.33. The van der Waals surface area contributed by atoms with Crippen LogP contribution in [0.15, 0.2) is 54.9 Å². The van der Waals surface area contributed by atoms with Gasteiger partial charge in [-0.1, -0.05) is 18.2 Å². The number of nitriles is 1. The fraction of sp³-hybridized carbons (Fsp3) is 0.269. The number of benzene rings is 2. The maximum Gasteiger partial charge on any atom is 0.226 e. The molecule has 0 spiro atoms. The SMILES string of the molecule is Cc1ccc(Nc2ccc(CNC(=O)C3(CC(=O)c4cnc(C)nc4)CC3)cc2)c(C#N)c1. The van der Waals surface area contributed by atoms with E-state index in [2.05, 4.69) is 26.7 Å². The zero-order chi connectivity index (χ0) is 23.4. The van der Waals surface area contributed by atoms with Gasteiger partial charge < -0.3 is 10.6 Å². The number of hydrogen-bond acceptors (Lipinski definition) is 6. The number of carbonyl (C=O) groups is 2. The normalized spacial score (nSPS) is 13.6. The molecule has 0 saturated heterocycles. The Morgan fingerprint density at radius 1 is 1.06 bits per heavy atom. The van der Waals surface area contributed by atoms with Crippen LogP contribution in [-0.4, -0.2) is 21.7 Å². The van der Waals surface area contributed by atoms with Crippen molar-refractivity contribution in [3.05, 3.63) is 82.9 Å². The summed E-state index contributed by atoms with van der Waals surface area (Å²) in [6, 6.07) is 15.6. The summed E-state index contributed by atoms with van der Waals surface area (Å²) in [4.78, 5) is 33.5. The lowest BCUT2D eigenvalue weighted by atomic mass is 9.95. The summed E-state index contributed by atoms with van der Waals surface area (Å²) >= 11 is 0. The molecule has 7 nitrogen and oxygen atoms in total. The molecule has 166 valence electrons. The van der Waals surface area contributed by atoms with Gasteiger partial charge in [0.05, 0.1) is 22.2 Å². The van der Waals surface area contributed by atoms with Crippen LogP contribution >= 0.6 is 0 Å². The van der Waals surface area contributed by atoms with Gasteiger partial charge in [-0.2, -0.15) is 5.26 Å². The number of Topliss-reactive ketones (excluding diaryl/α,β-unsaturated/α-hetero) is 1. The van der Waals surface area contributed by atoms with Crippen LogP contribution in [0.1, 0.15) is 52.1 Å². The summed E-state index contributed by atoms with van der Waals surface area (Å²) in [5, 5.41) is 15.6. The second-order valence-electron chi connectivity index (χ2n) is 8.56. The van der Waals surface area contributed by atoms with Gasteiger partial charge in [0, 0.05) is 31.0 Å². The van der Waals surface area contributed by atoms with Crippen molar-refractivity contribution in [1.82, 2.24) is 15.3 Å². The molecule has 3 aromatic rings. The van der Waals surface area contributed by atoms with Crippen LogP contribution in [0.4, 0.5) is 11.4 Å². The number of nitrogens with one attached hydrogen (secondary N) is 2. The largest absolute Gasteiger partial charge is 0.354 e. The van der Waals surface area contributed by atoms with Gasteiger partial charge in [0.2, 0.25) is 5.91 Å². The van der Waals surface area contributed by atoms with Crippen LogP contribution in [0.2, 0.25) is 0 Å². The van der Waals surface area contributed by atoms with E-state index in [9.17, 15) is 14.9 Å². The zero-order valence-electron chi connectivity index (χ0n) is 18.7. The monoisotopic (exact) mass is 439 g/mol. The molecule has 2 N–H and O–H groups in total. The van der Waals surface area contributed by atoms with Gasteiger partial charge in [0.15, 0.2) is 5.78 Å². The number of aryl methyl sites for hydroxylation is 2. The number of nitrogens with zero attached hydrogens (tertiary/aromatic N) is 3. The highest BCUT2D eigenvalue weighted by Gasteiger charge is 2.51. The maximum absolute atomic E-state index is 12.8. The second kappa shape index (κ2) is 9.21. The van der Waals surface area contributed by atoms with Crippen LogP contribution < -0.4 is 10.6 Å². The zero-order valence-corrected chi connectivity index (χ0v) is 18.7. The quantitative estimate of drug-likeness (QED) is 0.505. The number of anilines is 2. The molecule has 1 heterocycles. The molecule has 1 saturated carbocycles. The number of ketones is 1. The minimum atomic E-state index is -0.622. The van der Waals surface area contributed by atoms with Gasteiger partial charge in [-0.3, -0.25) is 9.59 Å². The first-order valence-corrected chi connectivity index (χ1v) is 10.9. The average molecular weight is 440 g/mol. The van der Waals surface area contributed by atoms with E-state index in [1.807, 2.05) is 49.4 Å². The molecular formula is C26H25N5O2. The van der Waals surface area contributed by atoms with Crippen molar-refractivity contribution in [2.45, 2.75) is 39.7 Å². The third-order valence-electron chi connectivity index (χ3n) is 5.92. The molecule has 0 bridgehead atoms. The summed E-state index contributed by atoms with van der Waals surface area (Å²) in [5.41, 5.74) is 4.00. The molecule has 1 aliphatic carbocycles. The van der Waals surface area contributed by atoms with E-state index in [0.29, 0.717) is 36.3 Å². The first-order chi connectivity index (χ1) is 15.9. The molecular weight excluding hydrogens is 414 g/mol. The third-order valence-corrected chi connectivity index (χ3v) is 5.92. The Hall–Kier alpha value is -4.05.